The Morgan fingerprint density at radius 2 is 1.83 bits per heavy atom. The fraction of sp³-hybridized carbons (Fsp3) is 0.417. The predicted molar refractivity (Wildman–Crippen MR) is 118 cm³/mol. The van der Waals surface area contributed by atoms with Crippen molar-refractivity contribution in [1.29, 1.82) is 0 Å². The Hall–Kier alpha value is -2.82. The minimum atomic E-state index is -0.388. The van der Waals surface area contributed by atoms with Gasteiger partial charge in [0.15, 0.2) is 0 Å². The van der Waals surface area contributed by atoms with Gasteiger partial charge >= 0.3 is 0 Å². The van der Waals surface area contributed by atoms with Crippen LogP contribution in [0.3, 0.4) is 0 Å². The van der Waals surface area contributed by atoms with E-state index >= 15 is 0 Å². The quantitative estimate of drug-likeness (QED) is 0.757. The third-order valence-electron chi connectivity index (χ3n) is 5.27. The van der Waals surface area contributed by atoms with E-state index in [2.05, 4.69) is 43.5 Å². The SMILES string of the molecule is C[C@H](Nc1cccc(CN2CCCC2=O)c1)C(=O)Nc1ccc(C(C)(C)C)cc1. The molecule has 1 saturated heterocycles. The zero-order chi connectivity index (χ0) is 21.0. The lowest BCUT2D eigenvalue weighted by molar-refractivity contribution is -0.128. The van der Waals surface area contributed by atoms with E-state index in [9.17, 15) is 9.59 Å². The van der Waals surface area contributed by atoms with Gasteiger partial charge in [0.05, 0.1) is 0 Å². The number of rotatable bonds is 6. The zero-order valence-electron chi connectivity index (χ0n) is 17.8. The first-order valence-electron chi connectivity index (χ1n) is 10.3. The summed E-state index contributed by atoms with van der Waals surface area (Å²) in [5.74, 6) is 0.127. The summed E-state index contributed by atoms with van der Waals surface area (Å²) < 4.78 is 0. The van der Waals surface area contributed by atoms with Gasteiger partial charge in [0.1, 0.15) is 6.04 Å². The van der Waals surface area contributed by atoms with Crippen LogP contribution < -0.4 is 10.6 Å². The van der Waals surface area contributed by atoms with E-state index in [0.717, 1.165) is 29.9 Å². The molecular weight excluding hydrogens is 362 g/mol. The first-order valence-corrected chi connectivity index (χ1v) is 10.3. The highest BCUT2D eigenvalue weighted by molar-refractivity contribution is 5.96. The molecule has 0 unspecified atom stereocenters. The van der Waals surface area contributed by atoms with E-state index in [1.165, 1.54) is 5.56 Å². The van der Waals surface area contributed by atoms with Gasteiger partial charge in [0, 0.05) is 30.9 Å². The predicted octanol–water partition coefficient (Wildman–Crippen LogP) is 4.55. The van der Waals surface area contributed by atoms with Crippen LogP contribution in [0.1, 0.15) is 51.7 Å². The van der Waals surface area contributed by atoms with Crippen LogP contribution in [0.15, 0.2) is 48.5 Å². The van der Waals surface area contributed by atoms with Crippen molar-refractivity contribution in [3.63, 3.8) is 0 Å². The normalized spacial score (nSPS) is 15.3. The number of anilines is 2. The number of hydrogen-bond acceptors (Lipinski definition) is 3. The number of nitrogens with zero attached hydrogens (tertiary/aromatic N) is 1. The van der Waals surface area contributed by atoms with Crippen LogP contribution in [0.4, 0.5) is 11.4 Å². The third kappa shape index (κ3) is 5.59. The van der Waals surface area contributed by atoms with E-state index in [4.69, 9.17) is 0 Å². The van der Waals surface area contributed by atoms with E-state index in [1.807, 2.05) is 48.2 Å². The van der Waals surface area contributed by atoms with Crippen molar-refractivity contribution in [3.8, 4) is 0 Å². The van der Waals surface area contributed by atoms with Gasteiger partial charge in [-0.25, -0.2) is 0 Å². The van der Waals surface area contributed by atoms with Gasteiger partial charge in [0.25, 0.3) is 0 Å². The summed E-state index contributed by atoms with van der Waals surface area (Å²) in [5, 5.41) is 6.22. The Morgan fingerprint density at radius 1 is 1.10 bits per heavy atom. The Balaban J connectivity index is 1.58. The molecule has 2 N–H and O–H groups in total. The highest BCUT2D eigenvalue weighted by atomic mass is 16.2. The summed E-state index contributed by atoms with van der Waals surface area (Å²) in [6, 6.07) is 15.5. The third-order valence-corrected chi connectivity index (χ3v) is 5.27. The maximum Gasteiger partial charge on any atom is 0.246 e. The van der Waals surface area contributed by atoms with Crippen molar-refractivity contribution < 1.29 is 9.59 Å². The number of nitrogens with one attached hydrogen (secondary N) is 2. The summed E-state index contributed by atoms with van der Waals surface area (Å²) in [6.07, 6.45) is 1.58. The number of amides is 2. The van der Waals surface area contributed by atoms with Crippen molar-refractivity contribution in [2.45, 2.75) is 58.5 Å². The van der Waals surface area contributed by atoms with Gasteiger partial charge in [-0.3, -0.25) is 9.59 Å². The highest BCUT2D eigenvalue weighted by Crippen LogP contribution is 2.23. The number of benzene rings is 2. The number of likely N-dealkylation sites (tertiary alicyclic amines) is 1. The van der Waals surface area contributed by atoms with Gasteiger partial charge in [-0.15, -0.1) is 0 Å². The lowest BCUT2D eigenvalue weighted by Gasteiger charge is -2.20. The van der Waals surface area contributed by atoms with Crippen LogP contribution in [-0.4, -0.2) is 29.3 Å². The monoisotopic (exact) mass is 393 g/mol. The highest BCUT2D eigenvalue weighted by Gasteiger charge is 2.20. The molecule has 154 valence electrons. The van der Waals surface area contributed by atoms with Crippen LogP contribution in [0, 0.1) is 0 Å². The first-order chi connectivity index (χ1) is 13.7. The molecule has 0 aliphatic carbocycles. The smallest absolute Gasteiger partial charge is 0.246 e. The first kappa shape index (κ1) is 20.9. The van der Waals surface area contributed by atoms with Crippen LogP contribution in [-0.2, 0) is 21.5 Å². The molecule has 1 aliphatic rings. The Kier molecular flexibility index (Phi) is 6.26. The fourth-order valence-electron chi connectivity index (χ4n) is 3.47. The maximum absolute atomic E-state index is 12.6. The topological polar surface area (TPSA) is 61.4 Å². The number of hydrogen-bond donors (Lipinski definition) is 2. The van der Waals surface area contributed by atoms with Crippen molar-refractivity contribution in [1.82, 2.24) is 4.90 Å². The van der Waals surface area contributed by atoms with Gasteiger partial charge in [-0.1, -0.05) is 45.0 Å². The average Bonchev–Trinajstić information content (AvgIpc) is 3.06. The summed E-state index contributed by atoms with van der Waals surface area (Å²) in [7, 11) is 0. The molecule has 3 rings (SSSR count). The molecule has 5 nitrogen and oxygen atoms in total. The fourth-order valence-corrected chi connectivity index (χ4v) is 3.47. The van der Waals surface area contributed by atoms with Crippen molar-refractivity contribution in [2.75, 3.05) is 17.2 Å². The molecule has 5 heteroatoms. The lowest BCUT2D eigenvalue weighted by atomic mass is 9.87. The van der Waals surface area contributed by atoms with E-state index in [0.29, 0.717) is 13.0 Å². The average molecular weight is 394 g/mol. The standard InChI is InChI=1S/C24H31N3O2/c1-17(23(29)26-20-12-10-19(11-13-20)24(2,3)4)25-21-8-5-7-18(15-21)16-27-14-6-9-22(27)28/h5,7-8,10-13,15,17,25H,6,9,14,16H2,1-4H3,(H,26,29)/t17-/m0/s1. The summed E-state index contributed by atoms with van der Waals surface area (Å²) in [6.45, 7) is 9.79. The van der Waals surface area contributed by atoms with Crippen molar-refractivity contribution in [3.05, 3.63) is 59.7 Å². The Labute approximate surface area is 173 Å². The summed E-state index contributed by atoms with van der Waals surface area (Å²) in [5.41, 5.74) is 4.05. The molecule has 0 radical (unpaired) electrons. The second-order valence-electron chi connectivity index (χ2n) is 8.80. The van der Waals surface area contributed by atoms with Crippen molar-refractivity contribution >= 4 is 23.2 Å². The molecule has 0 spiro atoms. The van der Waals surface area contributed by atoms with Crippen LogP contribution in [0.5, 0.6) is 0 Å². The van der Waals surface area contributed by atoms with Gasteiger partial charge in [-0.05, 0) is 54.2 Å². The molecule has 1 heterocycles. The number of carbonyl (C=O) groups excluding carboxylic acids is 2. The Bertz CT molecular complexity index is 868. The lowest BCUT2D eigenvalue weighted by Crippen LogP contribution is -2.32. The molecule has 1 fully saturated rings. The molecule has 2 amide bonds. The largest absolute Gasteiger partial charge is 0.374 e. The molecule has 1 aliphatic heterocycles. The molecule has 0 aromatic heterocycles. The van der Waals surface area contributed by atoms with E-state index in [1.54, 1.807) is 0 Å². The van der Waals surface area contributed by atoms with Gasteiger partial charge in [-0.2, -0.15) is 0 Å². The molecular formula is C24H31N3O2. The summed E-state index contributed by atoms with van der Waals surface area (Å²) in [4.78, 5) is 26.3. The van der Waals surface area contributed by atoms with Crippen molar-refractivity contribution in [2.24, 2.45) is 0 Å². The zero-order valence-corrected chi connectivity index (χ0v) is 17.8. The maximum atomic E-state index is 12.6. The molecule has 2 aromatic carbocycles. The van der Waals surface area contributed by atoms with Gasteiger partial charge in [0.2, 0.25) is 11.8 Å². The second kappa shape index (κ2) is 8.68. The van der Waals surface area contributed by atoms with E-state index in [-0.39, 0.29) is 23.3 Å². The Morgan fingerprint density at radius 3 is 2.45 bits per heavy atom. The van der Waals surface area contributed by atoms with Gasteiger partial charge < -0.3 is 15.5 Å². The molecule has 2 aromatic rings. The minimum absolute atomic E-state index is 0.0854. The number of carbonyl (C=O) groups is 2. The molecule has 0 bridgehead atoms. The van der Waals surface area contributed by atoms with Crippen LogP contribution in [0.2, 0.25) is 0 Å². The molecule has 1 atom stereocenters. The summed E-state index contributed by atoms with van der Waals surface area (Å²) >= 11 is 0. The molecule has 0 saturated carbocycles. The second-order valence-corrected chi connectivity index (χ2v) is 8.80. The van der Waals surface area contributed by atoms with E-state index < -0.39 is 0 Å². The van der Waals surface area contributed by atoms with Crippen LogP contribution >= 0.6 is 0 Å². The van der Waals surface area contributed by atoms with Crippen LogP contribution in [0.25, 0.3) is 0 Å². The minimum Gasteiger partial charge on any atom is -0.374 e. The molecule has 29 heavy (non-hydrogen) atoms.